The van der Waals surface area contributed by atoms with Crippen molar-refractivity contribution >= 4 is 10.0 Å². The average molecular weight is 294 g/mol. The van der Waals surface area contributed by atoms with Crippen LogP contribution in [0, 0.1) is 0 Å². The number of sulfonamides is 1. The molecule has 2 aromatic rings. The van der Waals surface area contributed by atoms with Crippen LogP contribution in [-0.4, -0.2) is 24.5 Å². The Bertz CT molecular complexity index is 665. The first kappa shape index (κ1) is 14.7. The smallest absolute Gasteiger partial charge is 0.242 e. The number of nitrogens with zero attached hydrogens (tertiary/aromatic N) is 2. The molecule has 0 spiro atoms. The molecule has 3 N–H and O–H groups in total. The molecule has 20 heavy (non-hydrogen) atoms. The van der Waals surface area contributed by atoms with Gasteiger partial charge in [0.25, 0.3) is 0 Å². The van der Waals surface area contributed by atoms with Crippen LogP contribution in [-0.2, 0) is 30.0 Å². The number of aromatic nitrogens is 2. The maximum Gasteiger partial charge on any atom is 0.242 e. The third-order valence-corrected chi connectivity index (χ3v) is 4.46. The molecule has 0 aliphatic rings. The molecule has 2 rings (SSSR count). The predicted octanol–water partition coefficient (Wildman–Crippen LogP) is 0.400. The summed E-state index contributed by atoms with van der Waals surface area (Å²) in [6.07, 6.45) is 5.58. The van der Waals surface area contributed by atoms with Crippen molar-refractivity contribution < 1.29 is 8.42 Å². The monoisotopic (exact) mass is 294 g/mol. The van der Waals surface area contributed by atoms with E-state index in [2.05, 4.69) is 9.71 Å². The highest BCUT2D eigenvalue weighted by Crippen LogP contribution is 2.12. The van der Waals surface area contributed by atoms with E-state index in [-0.39, 0.29) is 4.90 Å². The molecule has 0 atom stereocenters. The lowest BCUT2D eigenvalue weighted by molar-refractivity contribution is 0.581. The van der Waals surface area contributed by atoms with Gasteiger partial charge < -0.3 is 10.3 Å². The van der Waals surface area contributed by atoms with Crippen LogP contribution in [0.15, 0.2) is 41.7 Å². The summed E-state index contributed by atoms with van der Waals surface area (Å²) in [5, 5.41) is 0. The van der Waals surface area contributed by atoms with Gasteiger partial charge in [0.15, 0.2) is 0 Å². The summed E-state index contributed by atoms with van der Waals surface area (Å²) < 4.78 is 28.5. The molecule has 7 heteroatoms. The summed E-state index contributed by atoms with van der Waals surface area (Å²) >= 11 is 0. The molecule has 0 saturated carbocycles. The van der Waals surface area contributed by atoms with Gasteiger partial charge in [-0.3, -0.25) is 4.98 Å². The zero-order valence-corrected chi connectivity index (χ0v) is 12.1. The van der Waals surface area contributed by atoms with E-state index >= 15 is 0 Å². The zero-order chi connectivity index (χ0) is 14.6. The van der Waals surface area contributed by atoms with Crippen LogP contribution in [0.3, 0.4) is 0 Å². The van der Waals surface area contributed by atoms with E-state index < -0.39 is 10.0 Å². The predicted molar refractivity (Wildman–Crippen MR) is 76.4 cm³/mol. The number of rotatable bonds is 6. The topological polar surface area (TPSA) is 90.0 Å². The molecular formula is C13H18N4O2S. The molecule has 108 valence electrons. The molecule has 2 heterocycles. The Morgan fingerprint density at radius 1 is 1.45 bits per heavy atom. The highest BCUT2D eigenvalue weighted by atomic mass is 32.2. The van der Waals surface area contributed by atoms with Crippen LogP contribution in [0.5, 0.6) is 0 Å². The minimum absolute atomic E-state index is 0.242. The van der Waals surface area contributed by atoms with E-state index in [1.54, 1.807) is 36.3 Å². The zero-order valence-electron chi connectivity index (χ0n) is 11.3. The van der Waals surface area contributed by atoms with E-state index in [4.69, 9.17) is 5.73 Å². The number of pyridine rings is 1. The van der Waals surface area contributed by atoms with E-state index in [0.29, 0.717) is 19.5 Å². The number of hydrogen-bond donors (Lipinski definition) is 2. The van der Waals surface area contributed by atoms with Gasteiger partial charge in [0.1, 0.15) is 0 Å². The lowest BCUT2D eigenvalue weighted by atomic mass is 10.2. The molecule has 0 saturated heterocycles. The van der Waals surface area contributed by atoms with Crippen molar-refractivity contribution in [2.75, 3.05) is 6.54 Å². The Balaban J connectivity index is 2.00. The van der Waals surface area contributed by atoms with Crippen LogP contribution in [0.1, 0.15) is 11.3 Å². The second-order valence-electron chi connectivity index (χ2n) is 4.49. The quantitative estimate of drug-likeness (QED) is 0.807. The van der Waals surface area contributed by atoms with E-state index in [1.165, 1.54) is 0 Å². The summed E-state index contributed by atoms with van der Waals surface area (Å²) in [5.41, 5.74) is 7.31. The van der Waals surface area contributed by atoms with Crippen molar-refractivity contribution in [3.05, 3.63) is 48.0 Å². The van der Waals surface area contributed by atoms with Crippen LogP contribution in [0.2, 0.25) is 0 Å². The summed E-state index contributed by atoms with van der Waals surface area (Å²) in [6, 6.07) is 5.33. The summed E-state index contributed by atoms with van der Waals surface area (Å²) in [6.45, 7) is 0.641. The molecule has 2 aromatic heterocycles. The van der Waals surface area contributed by atoms with Crippen molar-refractivity contribution in [3.8, 4) is 0 Å². The van der Waals surface area contributed by atoms with Crippen LogP contribution in [0.4, 0.5) is 0 Å². The van der Waals surface area contributed by atoms with Crippen LogP contribution in [0.25, 0.3) is 0 Å². The highest BCUT2D eigenvalue weighted by Gasteiger charge is 2.16. The fourth-order valence-corrected chi connectivity index (χ4v) is 3.01. The van der Waals surface area contributed by atoms with Gasteiger partial charge in [0.2, 0.25) is 10.0 Å². The first-order chi connectivity index (χ1) is 9.53. The standard InChI is InChI=1S/C13H18N4O2S/c1-17-10-13(7-12(17)8-14)20(18,19)16-6-4-11-3-2-5-15-9-11/h2-3,5,7,9-10,16H,4,6,8,14H2,1H3. The Labute approximate surface area is 118 Å². The summed E-state index contributed by atoms with van der Waals surface area (Å²) in [5.74, 6) is 0. The number of nitrogens with one attached hydrogen (secondary N) is 1. The number of aryl methyl sites for hydroxylation is 1. The molecule has 0 fully saturated rings. The van der Waals surface area contributed by atoms with E-state index in [9.17, 15) is 8.42 Å². The highest BCUT2D eigenvalue weighted by molar-refractivity contribution is 7.89. The number of hydrogen-bond acceptors (Lipinski definition) is 4. The van der Waals surface area contributed by atoms with Gasteiger partial charge in [-0.15, -0.1) is 0 Å². The third kappa shape index (κ3) is 3.44. The van der Waals surface area contributed by atoms with Gasteiger partial charge in [-0.1, -0.05) is 6.07 Å². The van der Waals surface area contributed by atoms with Crippen molar-refractivity contribution in [1.82, 2.24) is 14.3 Å². The van der Waals surface area contributed by atoms with Gasteiger partial charge >= 0.3 is 0 Å². The molecule has 0 aromatic carbocycles. The van der Waals surface area contributed by atoms with Gasteiger partial charge in [-0.25, -0.2) is 13.1 Å². The summed E-state index contributed by atoms with van der Waals surface area (Å²) in [4.78, 5) is 4.23. The minimum atomic E-state index is -3.49. The van der Waals surface area contributed by atoms with E-state index in [0.717, 1.165) is 11.3 Å². The summed E-state index contributed by atoms with van der Waals surface area (Å²) in [7, 11) is -1.71. The molecule has 0 bridgehead atoms. The fourth-order valence-electron chi connectivity index (χ4n) is 1.89. The Hall–Kier alpha value is -1.70. The lowest BCUT2D eigenvalue weighted by Crippen LogP contribution is -2.25. The fraction of sp³-hybridized carbons (Fsp3) is 0.308. The largest absolute Gasteiger partial charge is 0.352 e. The van der Waals surface area contributed by atoms with Crippen molar-refractivity contribution in [2.24, 2.45) is 12.8 Å². The first-order valence-corrected chi connectivity index (χ1v) is 7.75. The molecule has 6 nitrogen and oxygen atoms in total. The average Bonchev–Trinajstić information content (AvgIpc) is 2.82. The Morgan fingerprint density at radius 3 is 2.85 bits per heavy atom. The minimum Gasteiger partial charge on any atom is -0.352 e. The third-order valence-electron chi connectivity index (χ3n) is 3.03. The molecule has 0 aliphatic carbocycles. The van der Waals surface area contributed by atoms with Crippen LogP contribution >= 0.6 is 0 Å². The second kappa shape index (κ2) is 6.17. The van der Waals surface area contributed by atoms with Gasteiger partial charge in [-0.05, 0) is 24.1 Å². The van der Waals surface area contributed by atoms with E-state index in [1.807, 2.05) is 12.1 Å². The molecule has 0 amide bonds. The Morgan fingerprint density at radius 2 is 2.25 bits per heavy atom. The molecule has 0 aliphatic heterocycles. The van der Waals surface area contributed by atoms with Crippen molar-refractivity contribution in [1.29, 1.82) is 0 Å². The normalized spacial score (nSPS) is 11.7. The van der Waals surface area contributed by atoms with Gasteiger partial charge in [-0.2, -0.15) is 0 Å². The van der Waals surface area contributed by atoms with Gasteiger partial charge in [0, 0.05) is 44.4 Å². The number of nitrogens with two attached hydrogens (primary N) is 1. The molecule has 0 radical (unpaired) electrons. The maximum absolute atomic E-state index is 12.1. The van der Waals surface area contributed by atoms with Gasteiger partial charge in [0.05, 0.1) is 4.90 Å². The van der Waals surface area contributed by atoms with Crippen molar-refractivity contribution in [3.63, 3.8) is 0 Å². The lowest BCUT2D eigenvalue weighted by Gasteiger charge is -2.04. The SMILES string of the molecule is Cn1cc(S(=O)(=O)NCCc2cccnc2)cc1CN. The van der Waals surface area contributed by atoms with Crippen molar-refractivity contribution in [2.45, 2.75) is 17.9 Å². The van der Waals surface area contributed by atoms with Crippen LogP contribution < -0.4 is 10.5 Å². The second-order valence-corrected chi connectivity index (χ2v) is 6.26. The maximum atomic E-state index is 12.1. The molecular weight excluding hydrogens is 276 g/mol. The Kier molecular flexibility index (Phi) is 4.53. The first-order valence-electron chi connectivity index (χ1n) is 6.27. The molecule has 0 unspecified atom stereocenters.